The van der Waals surface area contributed by atoms with Crippen molar-refractivity contribution in [2.45, 2.75) is 13.8 Å². The summed E-state index contributed by atoms with van der Waals surface area (Å²) in [6.45, 7) is 10.0. The molecule has 0 aromatic heterocycles. The number of piperazine rings is 1. The molecule has 6 nitrogen and oxygen atoms in total. The van der Waals surface area contributed by atoms with Crippen molar-refractivity contribution >= 4 is 11.8 Å². The summed E-state index contributed by atoms with van der Waals surface area (Å²) in [6, 6.07) is 0. The molecule has 2 aliphatic rings. The highest BCUT2D eigenvalue weighted by molar-refractivity contribution is 5.79. The van der Waals surface area contributed by atoms with Crippen molar-refractivity contribution in [2.75, 3.05) is 59.0 Å². The van der Waals surface area contributed by atoms with Gasteiger partial charge < -0.3 is 14.5 Å². The molecule has 2 fully saturated rings. The van der Waals surface area contributed by atoms with Crippen molar-refractivity contribution < 1.29 is 14.3 Å². The average Bonchev–Trinajstić information content (AvgIpc) is 2.63. The molecule has 0 saturated carbocycles. The fourth-order valence-electron chi connectivity index (χ4n) is 2.77. The van der Waals surface area contributed by atoms with Crippen LogP contribution in [0.4, 0.5) is 0 Å². The molecular formula is C14H25N3O3. The van der Waals surface area contributed by atoms with Gasteiger partial charge >= 0.3 is 0 Å². The van der Waals surface area contributed by atoms with E-state index in [4.69, 9.17) is 4.74 Å². The third-order valence-electron chi connectivity index (χ3n) is 3.96. The Labute approximate surface area is 120 Å². The first-order valence-electron chi connectivity index (χ1n) is 7.39. The molecule has 0 radical (unpaired) electrons. The van der Waals surface area contributed by atoms with Crippen molar-refractivity contribution in [3.8, 4) is 0 Å². The second kappa shape index (κ2) is 7.04. The number of carbonyl (C=O) groups excluding carboxylic acids is 2. The summed E-state index contributed by atoms with van der Waals surface area (Å²) in [5.74, 6) is 0.734. The Bertz CT molecular complexity index is 354. The minimum absolute atomic E-state index is 0.0931. The molecule has 6 heteroatoms. The molecule has 2 aliphatic heterocycles. The maximum Gasteiger partial charge on any atom is 0.236 e. The van der Waals surface area contributed by atoms with Crippen molar-refractivity contribution in [1.82, 2.24) is 14.7 Å². The van der Waals surface area contributed by atoms with Crippen LogP contribution >= 0.6 is 0 Å². The molecule has 2 rings (SSSR count). The molecule has 2 heterocycles. The van der Waals surface area contributed by atoms with Crippen LogP contribution in [0, 0.1) is 5.92 Å². The lowest BCUT2D eigenvalue weighted by atomic mass is 10.2. The summed E-state index contributed by atoms with van der Waals surface area (Å²) in [7, 11) is 0. The first-order valence-corrected chi connectivity index (χ1v) is 7.39. The van der Waals surface area contributed by atoms with Gasteiger partial charge in [0.1, 0.15) is 0 Å². The lowest BCUT2D eigenvalue weighted by Crippen LogP contribution is -2.52. The molecule has 2 saturated heterocycles. The topological polar surface area (TPSA) is 53.1 Å². The van der Waals surface area contributed by atoms with E-state index in [-0.39, 0.29) is 11.8 Å². The third-order valence-corrected chi connectivity index (χ3v) is 3.96. The first kappa shape index (κ1) is 15.3. The molecule has 0 aromatic rings. The summed E-state index contributed by atoms with van der Waals surface area (Å²) in [6.07, 6.45) is 0. The second-order valence-electron chi connectivity index (χ2n) is 5.80. The molecule has 0 bridgehead atoms. The molecule has 114 valence electrons. The highest BCUT2D eigenvalue weighted by Crippen LogP contribution is 2.08. The quantitative estimate of drug-likeness (QED) is 0.695. The van der Waals surface area contributed by atoms with Crippen LogP contribution in [0.25, 0.3) is 0 Å². The van der Waals surface area contributed by atoms with Gasteiger partial charge in [-0.25, -0.2) is 0 Å². The van der Waals surface area contributed by atoms with E-state index in [0.717, 1.165) is 19.7 Å². The van der Waals surface area contributed by atoms with Crippen molar-refractivity contribution in [1.29, 1.82) is 0 Å². The molecule has 1 atom stereocenters. The molecule has 20 heavy (non-hydrogen) atoms. The molecule has 2 amide bonds. The van der Waals surface area contributed by atoms with Crippen LogP contribution in [-0.2, 0) is 14.3 Å². The number of hydrogen-bond acceptors (Lipinski definition) is 4. The predicted molar refractivity (Wildman–Crippen MR) is 75.3 cm³/mol. The zero-order chi connectivity index (χ0) is 14.5. The van der Waals surface area contributed by atoms with Crippen molar-refractivity contribution in [3.63, 3.8) is 0 Å². The minimum atomic E-state index is 0.0931. The predicted octanol–water partition coefficient (Wildman–Crippen LogP) is -0.355. The molecule has 0 spiro atoms. The zero-order valence-corrected chi connectivity index (χ0v) is 12.5. The number of rotatable bonds is 2. The van der Waals surface area contributed by atoms with E-state index in [2.05, 4.69) is 11.8 Å². The summed E-state index contributed by atoms with van der Waals surface area (Å²) in [4.78, 5) is 29.4. The number of carbonyl (C=O) groups is 2. The van der Waals surface area contributed by atoms with Crippen LogP contribution in [0.1, 0.15) is 13.8 Å². The summed E-state index contributed by atoms with van der Waals surface area (Å²) in [5.41, 5.74) is 0. The van der Waals surface area contributed by atoms with E-state index in [1.165, 1.54) is 0 Å². The summed E-state index contributed by atoms with van der Waals surface area (Å²) >= 11 is 0. The smallest absolute Gasteiger partial charge is 0.236 e. The van der Waals surface area contributed by atoms with E-state index in [1.807, 2.05) is 4.90 Å². The van der Waals surface area contributed by atoms with Gasteiger partial charge in [0, 0.05) is 46.2 Å². The van der Waals surface area contributed by atoms with Crippen LogP contribution in [0.15, 0.2) is 0 Å². The Balaban J connectivity index is 1.78. The van der Waals surface area contributed by atoms with Gasteiger partial charge in [0.25, 0.3) is 0 Å². The van der Waals surface area contributed by atoms with E-state index >= 15 is 0 Å². The normalized spacial score (nSPS) is 25.4. The Hall–Kier alpha value is -1.14. The number of ether oxygens (including phenoxy) is 1. The Morgan fingerprint density at radius 1 is 1.10 bits per heavy atom. The number of nitrogens with zero attached hydrogens (tertiary/aromatic N) is 3. The maximum atomic E-state index is 12.3. The Morgan fingerprint density at radius 3 is 2.40 bits per heavy atom. The lowest BCUT2D eigenvalue weighted by molar-refractivity contribution is -0.139. The summed E-state index contributed by atoms with van der Waals surface area (Å²) < 4.78 is 5.49. The van der Waals surface area contributed by atoms with Gasteiger partial charge in [-0.15, -0.1) is 0 Å². The SMILES string of the molecule is CC(=O)N1CCN(C(=O)CN2CCOCC(C)C2)CC1. The van der Waals surface area contributed by atoms with E-state index in [0.29, 0.717) is 45.2 Å². The largest absolute Gasteiger partial charge is 0.380 e. The standard InChI is InChI=1S/C14H25N3O3/c1-12-9-15(7-8-20-11-12)10-14(19)17-5-3-16(4-6-17)13(2)18/h12H,3-11H2,1-2H3. The monoisotopic (exact) mass is 283 g/mol. The van der Waals surface area contributed by atoms with Gasteiger partial charge in [0.15, 0.2) is 0 Å². The van der Waals surface area contributed by atoms with Crippen LogP contribution in [0.2, 0.25) is 0 Å². The Kier molecular flexibility index (Phi) is 5.37. The minimum Gasteiger partial charge on any atom is -0.380 e. The third kappa shape index (κ3) is 4.18. The van der Waals surface area contributed by atoms with Crippen LogP contribution < -0.4 is 0 Å². The van der Waals surface area contributed by atoms with Gasteiger partial charge in [-0.1, -0.05) is 6.92 Å². The molecular weight excluding hydrogens is 258 g/mol. The van der Waals surface area contributed by atoms with E-state index in [1.54, 1.807) is 11.8 Å². The average molecular weight is 283 g/mol. The highest BCUT2D eigenvalue weighted by atomic mass is 16.5. The lowest BCUT2D eigenvalue weighted by Gasteiger charge is -2.35. The second-order valence-corrected chi connectivity index (χ2v) is 5.80. The fraction of sp³-hybridized carbons (Fsp3) is 0.857. The maximum absolute atomic E-state index is 12.3. The van der Waals surface area contributed by atoms with Gasteiger partial charge in [0.2, 0.25) is 11.8 Å². The zero-order valence-electron chi connectivity index (χ0n) is 12.5. The first-order chi connectivity index (χ1) is 9.56. The number of hydrogen-bond donors (Lipinski definition) is 0. The van der Waals surface area contributed by atoms with Crippen LogP contribution in [0.5, 0.6) is 0 Å². The van der Waals surface area contributed by atoms with E-state index in [9.17, 15) is 9.59 Å². The number of amides is 2. The van der Waals surface area contributed by atoms with Gasteiger partial charge in [0.05, 0.1) is 19.8 Å². The fourth-order valence-corrected chi connectivity index (χ4v) is 2.77. The van der Waals surface area contributed by atoms with Crippen molar-refractivity contribution in [2.24, 2.45) is 5.92 Å². The Morgan fingerprint density at radius 2 is 1.75 bits per heavy atom. The van der Waals surface area contributed by atoms with Crippen LogP contribution in [0.3, 0.4) is 0 Å². The van der Waals surface area contributed by atoms with Gasteiger partial charge in [-0.3, -0.25) is 14.5 Å². The molecule has 0 N–H and O–H groups in total. The molecule has 0 aromatic carbocycles. The van der Waals surface area contributed by atoms with Crippen molar-refractivity contribution in [3.05, 3.63) is 0 Å². The van der Waals surface area contributed by atoms with Gasteiger partial charge in [-0.2, -0.15) is 0 Å². The van der Waals surface area contributed by atoms with Crippen LogP contribution in [-0.4, -0.2) is 85.5 Å². The molecule has 0 aliphatic carbocycles. The highest BCUT2D eigenvalue weighted by Gasteiger charge is 2.24. The molecule has 1 unspecified atom stereocenters. The summed E-state index contributed by atoms with van der Waals surface area (Å²) in [5, 5.41) is 0. The van der Waals surface area contributed by atoms with Gasteiger partial charge in [-0.05, 0) is 5.92 Å². The van der Waals surface area contributed by atoms with E-state index < -0.39 is 0 Å².